The maximum atomic E-state index is 13.5. The quantitative estimate of drug-likeness (QED) is 0.756. The third-order valence-electron chi connectivity index (χ3n) is 4.99. The fraction of sp³-hybridized carbons (Fsp3) is 0.381. The molecule has 0 aromatic heterocycles. The molecule has 2 N–H and O–H groups in total. The molecule has 2 aromatic rings. The van der Waals surface area contributed by atoms with Gasteiger partial charge in [-0.15, -0.1) is 12.4 Å². The van der Waals surface area contributed by atoms with Crippen LogP contribution in [0.3, 0.4) is 0 Å². The zero-order chi connectivity index (χ0) is 19.3. The van der Waals surface area contributed by atoms with Crippen LogP contribution < -0.4 is 15.4 Å². The van der Waals surface area contributed by atoms with Crippen LogP contribution in [0.5, 0.6) is 5.75 Å². The lowest BCUT2D eigenvalue weighted by Crippen LogP contribution is -2.44. The maximum absolute atomic E-state index is 13.5. The smallest absolute Gasteiger partial charge is 0.265 e. The Hall–Kier alpha value is -2.18. The molecule has 0 spiro atoms. The average molecular weight is 411 g/mol. The summed E-state index contributed by atoms with van der Waals surface area (Å²) in [7, 11) is 0. The van der Waals surface area contributed by atoms with Gasteiger partial charge in [-0.05, 0) is 43.5 Å². The summed E-state index contributed by atoms with van der Waals surface area (Å²) in [5.41, 5.74) is 0.680. The van der Waals surface area contributed by atoms with Crippen molar-refractivity contribution in [3.8, 4) is 5.75 Å². The van der Waals surface area contributed by atoms with Gasteiger partial charge in [-0.3, -0.25) is 4.79 Å². The molecule has 0 bridgehead atoms. The minimum absolute atomic E-state index is 0. The normalized spacial score (nSPS) is 16.5. The first-order valence-corrected chi connectivity index (χ1v) is 9.12. The molecule has 152 valence electrons. The Kier molecular flexibility index (Phi) is 7.78. The van der Waals surface area contributed by atoms with Crippen LogP contribution in [0, 0.1) is 17.0 Å². The molecule has 28 heavy (non-hydrogen) atoms. The van der Waals surface area contributed by atoms with E-state index in [-0.39, 0.29) is 29.5 Å². The van der Waals surface area contributed by atoms with Crippen LogP contribution in [-0.4, -0.2) is 25.5 Å². The molecule has 1 amide bonds. The molecule has 2 aromatic carbocycles. The summed E-state index contributed by atoms with van der Waals surface area (Å²) < 4.78 is 32.4. The minimum Gasteiger partial charge on any atom is -0.476 e. The lowest BCUT2D eigenvalue weighted by atomic mass is 9.81. The third kappa shape index (κ3) is 5.66. The number of hydrogen-bond acceptors (Lipinski definition) is 3. The third-order valence-corrected chi connectivity index (χ3v) is 4.99. The molecule has 0 saturated carbocycles. The van der Waals surface area contributed by atoms with Crippen LogP contribution in [0.4, 0.5) is 8.78 Å². The van der Waals surface area contributed by atoms with E-state index >= 15 is 0 Å². The van der Waals surface area contributed by atoms with E-state index in [4.69, 9.17) is 4.74 Å². The lowest BCUT2D eigenvalue weighted by Gasteiger charge is -2.34. The number of hydrogen-bond donors (Lipinski definition) is 2. The van der Waals surface area contributed by atoms with E-state index in [0.29, 0.717) is 12.1 Å². The van der Waals surface area contributed by atoms with Crippen LogP contribution in [0.2, 0.25) is 0 Å². The number of rotatable bonds is 6. The average Bonchev–Trinajstić information content (AvgIpc) is 2.68. The van der Waals surface area contributed by atoms with E-state index in [1.165, 1.54) is 6.07 Å². The number of ether oxygens (including phenoxy) is 1. The van der Waals surface area contributed by atoms with Crippen LogP contribution in [0.1, 0.15) is 31.4 Å². The van der Waals surface area contributed by atoms with Gasteiger partial charge in [0, 0.05) is 18.2 Å². The Labute approximate surface area is 170 Å². The first kappa shape index (κ1) is 22.1. The van der Waals surface area contributed by atoms with Gasteiger partial charge in [0.2, 0.25) is 6.10 Å². The summed E-state index contributed by atoms with van der Waals surface area (Å²) in [6.45, 7) is 4.56. The van der Waals surface area contributed by atoms with Crippen LogP contribution in [0.25, 0.3) is 0 Å². The van der Waals surface area contributed by atoms with Crippen molar-refractivity contribution in [2.24, 2.45) is 5.41 Å². The summed E-state index contributed by atoms with van der Waals surface area (Å²) in [6, 6.07) is 12.2. The fourth-order valence-electron chi connectivity index (χ4n) is 3.19. The van der Waals surface area contributed by atoms with Gasteiger partial charge in [-0.1, -0.05) is 37.3 Å². The minimum atomic E-state index is -1.01. The maximum Gasteiger partial charge on any atom is 0.265 e. The summed E-state index contributed by atoms with van der Waals surface area (Å²) in [5.74, 6) is -2.17. The van der Waals surface area contributed by atoms with E-state index < -0.39 is 17.7 Å². The summed E-state index contributed by atoms with van der Waals surface area (Å²) in [4.78, 5) is 12.9. The molecule has 1 atom stereocenters. The predicted octanol–water partition coefficient (Wildman–Crippen LogP) is 4.01. The molecule has 0 aliphatic carbocycles. The Balaban J connectivity index is 0.00000280. The second-order valence-electron chi connectivity index (χ2n) is 7.26. The highest BCUT2D eigenvalue weighted by Crippen LogP contribution is 2.28. The van der Waals surface area contributed by atoms with Gasteiger partial charge >= 0.3 is 0 Å². The number of benzene rings is 2. The molecule has 4 nitrogen and oxygen atoms in total. The molecule has 1 aliphatic rings. The fourth-order valence-corrected chi connectivity index (χ4v) is 3.19. The van der Waals surface area contributed by atoms with Crippen LogP contribution >= 0.6 is 12.4 Å². The van der Waals surface area contributed by atoms with Crippen LogP contribution in [0.15, 0.2) is 48.5 Å². The van der Waals surface area contributed by atoms with Crippen molar-refractivity contribution >= 4 is 18.3 Å². The highest BCUT2D eigenvalue weighted by molar-refractivity contribution is 5.85. The zero-order valence-corrected chi connectivity index (χ0v) is 16.5. The monoisotopic (exact) mass is 410 g/mol. The highest BCUT2D eigenvalue weighted by Gasteiger charge is 2.29. The zero-order valence-electron chi connectivity index (χ0n) is 15.7. The topological polar surface area (TPSA) is 50.4 Å². The van der Waals surface area contributed by atoms with Crippen molar-refractivity contribution in [3.63, 3.8) is 0 Å². The lowest BCUT2D eigenvalue weighted by molar-refractivity contribution is -0.128. The molecule has 1 unspecified atom stereocenters. The van der Waals surface area contributed by atoms with Gasteiger partial charge in [-0.25, -0.2) is 8.78 Å². The Morgan fingerprint density at radius 3 is 2.46 bits per heavy atom. The number of halogens is 3. The van der Waals surface area contributed by atoms with Gasteiger partial charge in [0.05, 0.1) is 0 Å². The van der Waals surface area contributed by atoms with Crippen LogP contribution in [-0.2, 0) is 4.79 Å². The number of piperidine rings is 1. The molecule has 7 heteroatoms. The van der Waals surface area contributed by atoms with Crippen molar-refractivity contribution in [1.82, 2.24) is 10.6 Å². The van der Waals surface area contributed by atoms with Crippen molar-refractivity contribution in [2.75, 3.05) is 19.6 Å². The second-order valence-corrected chi connectivity index (χ2v) is 7.26. The highest BCUT2D eigenvalue weighted by atomic mass is 35.5. The molecular weight excluding hydrogens is 386 g/mol. The van der Waals surface area contributed by atoms with E-state index in [2.05, 4.69) is 17.6 Å². The van der Waals surface area contributed by atoms with Gasteiger partial charge in [-0.2, -0.15) is 0 Å². The number of nitrogens with one attached hydrogen (secondary N) is 2. The number of amides is 1. The van der Waals surface area contributed by atoms with Gasteiger partial charge in [0.1, 0.15) is 5.75 Å². The van der Waals surface area contributed by atoms with Gasteiger partial charge in [0.15, 0.2) is 11.6 Å². The summed E-state index contributed by atoms with van der Waals surface area (Å²) in [6.07, 6.45) is 1.02. The summed E-state index contributed by atoms with van der Waals surface area (Å²) in [5, 5.41) is 6.29. The van der Waals surface area contributed by atoms with E-state index in [9.17, 15) is 13.6 Å². The van der Waals surface area contributed by atoms with Gasteiger partial charge < -0.3 is 15.4 Å². The van der Waals surface area contributed by atoms with Crippen molar-refractivity contribution in [3.05, 3.63) is 65.7 Å². The predicted molar refractivity (Wildman–Crippen MR) is 107 cm³/mol. The molecule has 3 rings (SSSR count). The molecule has 1 fully saturated rings. The van der Waals surface area contributed by atoms with Crippen molar-refractivity contribution in [2.45, 2.75) is 25.9 Å². The molecule has 1 aliphatic heterocycles. The molecule has 1 saturated heterocycles. The largest absolute Gasteiger partial charge is 0.476 e. The van der Waals surface area contributed by atoms with E-state index in [1.54, 1.807) is 24.3 Å². The first-order chi connectivity index (χ1) is 13.0. The first-order valence-electron chi connectivity index (χ1n) is 9.12. The van der Waals surface area contributed by atoms with Gasteiger partial charge in [0.25, 0.3) is 5.91 Å². The SMILES string of the molecule is CC1(CNC(=O)C(Oc2ccc(F)c(F)c2)c2ccccc2)CCNCC1.Cl. The molecule has 1 heterocycles. The Bertz CT molecular complexity index is 783. The van der Waals surface area contributed by atoms with E-state index in [0.717, 1.165) is 38.1 Å². The Morgan fingerprint density at radius 1 is 1.14 bits per heavy atom. The Morgan fingerprint density at radius 2 is 1.82 bits per heavy atom. The number of carbonyl (C=O) groups is 1. The second kappa shape index (κ2) is 9.85. The number of carbonyl (C=O) groups excluding carboxylic acids is 1. The van der Waals surface area contributed by atoms with E-state index in [1.807, 2.05) is 6.07 Å². The van der Waals surface area contributed by atoms with Crippen molar-refractivity contribution in [1.29, 1.82) is 0 Å². The molecular formula is C21H25ClF2N2O2. The standard InChI is InChI=1S/C21H24F2N2O2.ClH/c1-21(9-11-24-12-10-21)14-25-20(26)19(15-5-3-2-4-6-15)27-16-7-8-17(22)18(23)13-16;/h2-8,13,19,24H,9-12,14H2,1H3,(H,25,26);1H. The van der Waals surface area contributed by atoms with Crippen molar-refractivity contribution < 1.29 is 18.3 Å². The molecule has 0 radical (unpaired) electrons. The summed E-state index contributed by atoms with van der Waals surface area (Å²) >= 11 is 0.